The first-order valence-corrected chi connectivity index (χ1v) is 8.31. The van der Waals surface area contributed by atoms with Gasteiger partial charge in [0.1, 0.15) is 27.7 Å². The molecule has 0 aliphatic heterocycles. The Balaban J connectivity index is 2.33. The summed E-state index contributed by atoms with van der Waals surface area (Å²) in [6.45, 7) is 1.55. The molecule has 0 unspecified atom stereocenters. The maximum atomic E-state index is 12.2. The Labute approximate surface area is 148 Å². The predicted molar refractivity (Wildman–Crippen MR) is 92.6 cm³/mol. The molecule has 0 aromatic carbocycles. The summed E-state index contributed by atoms with van der Waals surface area (Å²) in [7, 11) is 3.17. The summed E-state index contributed by atoms with van der Waals surface area (Å²) in [6.07, 6.45) is 1.71. The van der Waals surface area contributed by atoms with Crippen molar-refractivity contribution >= 4 is 34.2 Å². The van der Waals surface area contributed by atoms with Crippen LogP contribution in [0.3, 0.4) is 0 Å². The van der Waals surface area contributed by atoms with Gasteiger partial charge in [0.05, 0.1) is 6.61 Å². The van der Waals surface area contributed by atoms with Crippen LogP contribution >= 0.6 is 11.3 Å². The topological polar surface area (TPSA) is 113 Å². The first-order chi connectivity index (χ1) is 11.9. The normalized spacial score (nSPS) is 10.4. The van der Waals surface area contributed by atoms with E-state index in [1.165, 1.54) is 7.05 Å². The molecule has 0 radical (unpaired) electrons. The van der Waals surface area contributed by atoms with Gasteiger partial charge in [0.2, 0.25) is 0 Å². The molecule has 0 aliphatic rings. The van der Waals surface area contributed by atoms with Crippen LogP contribution in [0.5, 0.6) is 0 Å². The molecule has 0 fully saturated rings. The summed E-state index contributed by atoms with van der Waals surface area (Å²) in [4.78, 5) is 36.6. The number of thiophene rings is 1. The van der Waals surface area contributed by atoms with Crippen molar-refractivity contribution in [3.05, 3.63) is 40.0 Å². The Morgan fingerprint density at radius 1 is 1.28 bits per heavy atom. The summed E-state index contributed by atoms with van der Waals surface area (Å²) in [5.74, 6) is -1.65. The van der Waals surface area contributed by atoms with Crippen LogP contribution in [0.2, 0.25) is 0 Å². The lowest BCUT2D eigenvalue weighted by Crippen LogP contribution is -2.20. The number of amides is 1. The number of esters is 2. The molecular formula is C16H19N3O5S. The van der Waals surface area contributed by atoms with Crippen molar-refractivity contribution in [1.29, 1.82) is 0 Å². The number of nitrogens with one attached hydrogen (secondary N) is 1. The van der Waals surface area contributed by atoms with Gasteiger partial charge >= 0.3 is 11.9 Å². The number of nitrogens with zero attached hydrogens (tertiary/aromatic N) is 1. The number of hydrogen-bond acceptors (Lipinski definition) is 7. The maximum Gasteiger partial charge on any atom is 0.355 e. The molecule has 0 saturated carbocycles. The summed E-state index contributed by atoms with van der Waals surface area (Å²) in [5, 5.41) is 2.62. The monoisotopic (exact) mass is 365 g/mol. The highest BCUT2D eigenvalue weighted by molar-refractivity contribution is 7.18. The number of hydrogen-bond donors (Lipinski definition) is 2. The molecule has 2 heterocycles. The van der Waals surface area contributed by atoms with Gasteiger partial charge in [0.15, 0.2) is 0 Å². The molecular weight excluding hydrogens is 346 g/mol. The quantitative estimate of drug-likeness (QED) is 0.751. The van der Waals surface area contributed by atoms with Crippen molar-refractivity contribution < 1.29 is 23.9 Å². The smallest absolute Gasteiger partial charge is 0.355 e. The Morgan fingerprint density at radius 2 is 2.00 bits per heavy atom. The van der Waals surface area contributed by atoms with Gasteiger partial charge in [-0.2, -0.15) is 0 Å². The van der Waals surface area contributed by atoms with Crippen molar-refractivity contribution in [2.45, 2.75) is 13.5 Å². The molecule has 0 atom stereocenters. The first-order valence-electron chi connectivity index (χ1n) is 7.49. The fourth-order valence-corrected chi connectivity index (χ4v) is 3.24. The van der Waals surface area contributed by atoms with Crippen molar-refractivity contribution in [2.24, 2.45) is 7.05 Å². The lowest BCUT2D eigenvalue weighted by atomic mass is 10.1. The molecule has 0 saturated heterocycles. The van der Waals surface area contributed by atoms with Crippen LogP contribution in [0.1, 0.15) is 43.0 Å². The average Bonchev–Trinajstić information content (AvgIpc) is 3.15. The number of nitrogens with two attached hydrogens (primary N) is 1. The second kappa shape index (κ2) is 7.84. The van der Waals surface area contributed by atoms with Crippen LogP contribution in [0.15, 0.2) is 18.3 Å². The highest BCUT2D eigenvalue weighted by Crippen LogP contribution is 2.32. The zero-order valence-corrected chi connectivity index (χ0v) is 14.9. The molecule has 2 aromatic rings. The minimum absolute atomic E-state index is 0.0603. The summed E-state index contributed by atoms with van der Waals surface area (Å²) >= 11 is 0.949. The lowest BCUT2D eigenvalue weighted by molar-refractivity contribution is 0.0441. The highest BCUT2D eigenvalue weighted by Gasteiger charge is 2.27. The number of aryl methyl sites for hydroxylation is 1. The number of carbonyl (C=O) groups is 3. The Bertz CT molecular complexity index is 809. The number of rotatable bonds is 6. The number of carbonyl (C=O) groups excluding carboxylic acids is 3. The van der Waals surface area contributed by atoms with Crippen LogP contribution < -0.4 is 11.1 Å². The third-order valence-corrected chi connectivity index (χ3v) is 4.51. The minimum Gasteiger partial charge on any atom is -0.462 e. The van der Waals surface area contributed by atoms with Gasteiger partial charge in [-0.3, -0.25) is 4.79 Å². The Morgan fingerprint density at radius 3 is 2.56 bits per heavy atom. The van der Waals surface area contributed by atoms with E-state index in [2.05, 4.69) is 5.32 Å². The zero-order chi connectivity index (χ0) is 18.6. The van der Waals surface area contributed by atoms with E-state index in [-0.39, 0.29) is 34.2 Å². The van der Waals surface area contributed by atoms with E-state index in [0.29, 0.717) is 5.69 Å². The van der Waals surface area contributed by atoms with E-state index in [4.69, 9.17) is 15.2 Å². The van der Waals surface area contributed by atoms with Gasteiger partial charge in [-0.05, 0) is 19.1 Å². The Kier molecular flexibility index (Phi) is 5.81. The largest absolute Gasteiger partial charge is 0.462 e. The molecule has 2 aromatic heterocycles. The second-order valence-corrected chi connectivity index (χ2v) is 6.08. The molecule has 9 heteroatoms. The van der Waals surface area contributed by atoms with Gasteiger partial charge in [-0.25, -0.2) is 9.59 Å². The van der Waals surface area contributed by atoms with Gasteiger partial charge in [0.25, 0.3) is 5.91 Å². The second-order valence-electron chi connectivity index (χ2n) is 5.03. The van der Waals surface area contributed by atoms with Gasteiger partial charge < -0.3 is 25.1 Å². The third-order valence-electron chi connectivity index (χ3n) is 3.45. The lowest BCUT2D eigenvalue weighted by Gasteiger charge is -2.09. The van der Waals surface area contributed by atoms with E-state index in [9.17, 15) is 14.4 Å². The molecule has 8 nitrogen and oxygen atoms in total. The molecule has 2 rings (SSSR count). The fraction of sp³-hybridized carbons (Fsp3) is 0.312. The van der Waals surface area contributed by atoms with Crippen molar-refractivity contribution in [3.8, 4) is 0 Å². The SMILES string of the molecule is CCOC(=O)c1c(N)sc(C(=O)NC)c1COC(=O)c1cccn1C. The number of anilines is 1. The third kappa shape index (κ3) is 3.82. The van der Waals surface area contributed by atoms with Crippen LogP contribution in [0.4, 0.5) is 5.00 Å². The van der Waals surface area contributed by atoms with Crippen molar-refractivity contribution in [2.75, 3.05) is 19.4 Å². The summed E-state index contributed by atoms with van der Waals surface area (Å²) in [6, 6.07) is 3.31. The zero-order valence-electron chi connectivity index (χ0n) is 14.1. The van der Waals surface area contributed by atoms with Gasteiger partial charge in [-0.15, -0.1) is 11.3 Å². The molecule has 1 amide bonds. The number of ether oxygens (including phenoxy) is 2. The van der Waals surface area contributed by atoms with E-state index in [1.807, 2.05) is 0 Å². The molecule has 0 aliphatic carbocycles. The van der Waals surface area contributed by atoms with Crippen LogP contribution in [0, 0.1) is 0 Å². The van der Waals surface area contributed by atoms with E-state index in [0.717, 1.165) is 11.3 Å². The fourth-order valence-electron chi connectivity index (χ4n) is 2.23. The predicted octanol–water partition coefficient (Wildman–Crippen LogP) is 1.56. The summed E-state index contributed by atoms with van der Waals surface area (Å²) in [5.41, 5.74) is 6.53. The van der Waals surface area contributed by atoms with Crippen LogP contribution in [0.25, 0.3) is 0 Å². The van der Waals surface area contributed by atoms with Gasteiger partial charge in [0, 0.05) is 25.9 Å². The molecule has 0 spiro atoms. The van der Waals surface area contributed by atoms with Crippen LogP contribution in [-0.4, -0.2) is 36.1 Å². The molecule has 3 N–H and O–H groups in total. The number of aromatic nitrogens is 1. The maximum absolute atomic E-state index is 12.2. The first kappa shape index (κ1) is 18.5. The van der Waals surface area contributed by atoms with Crippen molar-refractivity contribution in [1.82, 2.24) is 9.88 Å². The molecule has 134 valence electrons. The summed E-state index contributed by atoms with van der Waals surface area (Å²) < 4.78 is 11.9. The van der Waals surface area contributed by atoms with Gasteiger partial charge in [-0.1, -0.05) is 0 Å². The molecule has 25 heavy (non-hydrogen) atoms. The highest BCUT2D eigenvalue weighted by atomic mass is 32.1. The average molecular weight is 365 g/mol. The number of nitrogen functional groups attached to an aromatic ring is 1. The molecule has 0 bridgehead atoms. The van der Waals surface area contributed by atoms with Crippen molar-refractivity contribution in [3.63, 3.8) is 0 Å². The standard InChI is InChI=1S/C16H19N3O5S/c1-4-23-16(22)11-9(12(14(20)18-2)25-13(11)17)8-24-15(21)10-6-5-7-19(10)3/h5-7H,4,8,17H2,1-3H3,(H,18,20). The van der Waals surface area contributed by atoms with E-state index in [1.54, 1.807) is 36.9 Å². The van der Waals surface area contributed by atoms with E-state index < -0.39 is 17.8 Å². The minimum atomic E-state index is -0.656. The Hall–Kier alpha value is -2.81. The van der Waals surface area contributed by atoms with E-state index >= 15 is 0 Å². The van der Waals surface area contributed by atoms with Crippen LogP contribution in [-0.2, 0) is 23.1 Å².